The summed E-state index contributed by atoms with van der Waals surface area (Å²) in [6, 6.07) is 13.7. The predicted molar refractivity (Wildman–Crippen MR) is 95.2 cm³/mol. The van der Waals surface area contributed by atoms with E-state index >= 15 is 0 Å². The molecule has 0 amide bonds. The molecule has 0 bridgehead atoms. The summed E-state index contributed by atoms with van der Waals surface area (Å²) in [5.74, 6) is 2.74. The molecule has 0 saturated heterocycles. The van der Waals surface area contributed by atoms with Gasteiger partial charge in [-0.2, -0.15) is 0 Å². The topological polar surface area (TPSA) is 12.4 Å². The van der Waals surface area contributed by atoms with Gasteiger partial charge in [-0.25, -0.2) is 9.38 Å². The van der Waals surface area contributed by atoms with Crippen molar-refractivity contribution >= 4 is 31.1 Å². The Hall–Kier alpha value is -1.89. The van der Waals surface area contributed by atoms with E-state index in [1.165, 1.54) is 6.07 Å². The Morgan fingerprint density at radius 3 is 2.45 bits per heavy atom. The van der Waals surface area contributed by atoms with Gasteiger partial charge < -0.3 is 0 Å². The lowest BCUT2D eigenvalue weighted by atomic mass is 10.1. The second-order valence-electron chi connectivity index (χ2n) is 5.92. The van der Waals surface area contributed by atoms with Crippen LogP contribution < -0.4 is 0 Å². The molecule has 0 heterocycles. The fourth-order valence-electron chi connectivity index (χ4n) is 1.73. The van der Waals surface area contributed by atoms with Crippen molar-refractivity contribution in [2.45, 2.75) is 19.6 Å². The van der Waals surface area contributed by atoms with Gasteiger partial charge in [-0.15, -0.1) is 5.54 Å². The van der Waals surface area contributed by atoms with Crippen LogP contribution in [0.1, 0.15) is 5.56 Å². The summed E-state index contributed by atoms with van der Waals surface area (Å²) in [6.45, 7) is 6.41. The zero-order valence-electron chi connectivity index (χ0n) is 12.8. The lowest BCUT2D eigenvalue weighted by Crippen LogP contribution is -2.17. The largest absolute Gasteiger partial charge is 0.239 e. The fraction of sp³-hybridized carbons (Fsp3) is 0.167. The van der Waals surface area contributed by atoms with E-state index in [0.29, 0.717) is 22.0 Å². The molecule has 0 N–H and O–H groups in total. The van der Waals surface area contributed by atoms with Gasteiger partial charge in [0.1, 0.15) is 19.6 Å². The number of nitrogens with zero attached hydrogens (tertiary/aromatic N) is 1. The Balaban J connectivity index is 2.55. The van der Waals surface area contributed by atoms with E-state index in [9.17, 15) is 4.39 Å². The summed E-state index contributed by atoms with van der Waals surface area (Å²) in [6.07, 6.45) is 0. The normalized spacial score (nSPS) is 11.8. The highest BCUT2D eigenvalue weighted by Gasteiger charge is 2.11. The first kappa shape index (κ1) is 16.5. The first-order chi connectivity index (χ1) is 10.3. The Bertz CT molecular complexity index is 766. The van der Waals surface area contributed by atoms with Crippen molar-refractivity contribution in [3.05, 3.63) is 64.9 Å². The Labute approximate surface area is 136 Å². The highest BCUT2D eigenvalue weighted by atomic mass is 35.5. The van der Waals surface area contributed by atoms with Crippen molar-refractivity contribution in [3.63, 3.8) is 0 Å². The van der Waals surface area contributed by atoms with E-state index in [1.807, 2.05) is 12.1 Å². The van der Waals surface area contributed by atoms with E-state index in [4.69, 9.17) is 11.6 Å². The molecule has 0 unspecified atom stereocenters. The number of hydrogen-bond donors (Lipinski definition) is 0. The summed E-state index contributed by atoms with van der Waals surface area (Å²) in [5, 5.41) is 0.590. The van der Waals surface area contributed by atoms with Crippen LogP contribution in [-0.2, 0) is 0 Å². The Kier molecular flexibility index (Phi) is 5.18. The number of halogens is 2. The summed E-state index contributed by atoms with van der Waals surface area (Å²) >= 11 is 5.98. The third kappa shape index (κ3) is 4.83. The molecular weight excluding hydrogens is 313 g/mol. The molecule has 1 nitrogen and oxygen atoms in total. The van der Waals surface area contributed by atoms with Gasteiger partial charge in [0.25, 0.3) is 0 Å². The SMILES string of the molecule is C[Si](C)(C)C#CC(=Nc1cccc(Cl)c1)c1ccccc1F. The predicted octanol–water partition coefficient (Wildman–Crippen LogP) is 5.48. The minimum Gasteiger partial charge on any atom is -0.239 e. The molecule has 112 valence electrons. The average molecular weight is 330 g/mol. The first-order valence-corrected chi connectivity index (χ1v) is 10.9. The Morgan fingerprint density at radius 1 is 1.09 bits per heavy atom. The fourth-order valence-corrected chi connectivity index (χ4v) is 2.41. The van der Waals surface area contributed by atoms with Crippen LogP contribution in [0.5, 0.6) is 0 Å². The van der Waals surface area contributed by atoms with Gasteiger partial charge in [-0.05, 0) is 30.3 Å². The molecule has 2 rings (SSSR count). The van der Waals surface area contributed by atoms with Gasteiger partial charge in [-0.1, -0.05) is 55.4 Å². The summed E-state index contributed by atoms with van der Waals surface area (Å²) in [4.78, 5) is 4.49. The first-order valence-electron chi connectivity index (χ1n) is 6.97. The molecule has 0 aromatic heterocycles. The summed E-state index contributed by atoms with van der Waals surface area (Å²) in [7, 11) is -1.59. The third-order valence-corrected chi connectivity index (χ3v) is 3.84. The minimum atomic E-state index is -1.59. The standard InChI is InChI=1S/C18H17ClFNSi/c1-22(2,3)12-11-18(16-9-4-5-10-17(16)20)21-15-8-6-7-14(19)13-15/h4-10,13H,1-3H3. The molecular formula is C18H17ClFNSi. The van der Waals surface area contributed by atoms with Gasteiger partial charge in [0.2, 0.25) is 0 Å². The van der Waals surface area contributed by atoms with Crippen molar-refractivity contribution < 1.29 is 4.39 Å². The molecule has 0 atom stereocenters. The second-order valence-corrected chi connectivity index (χ2v) is 11.1. The lowest BCUT2D eigenvalue weighted by molar-refractivity contribution is 0.625. The van der Waals surface area contributed by atoms with Crippen LogP contribution >= 0.6 is 11.6 Å². The highest BCUT2D eigenvalue weighted by molar-refractivity contribution is 6.84. The maximum absolute atomic E-state index is 14.1. The van der Waals surface area contributed by atoms with Crippen LogP contribution in [0.3, 0.4) is 0 Å². The van der Waals surface area contributed by atoms with Gasteiger partial charge in [0, 0.05) is 10.6 Å². The molecule has 22 heavy (non-hydrogen) atoms. The molecule has 0 fully saturated rings. The van der Waals surface area contributed by atoms with Crippen LogP contribution in [-0.4, -0.2) is 13.8 Å². The maximum atomic E-state index is 14.1. The number of hydrogen-bond acceptors (Lipinski definition) is 1. The molecule has 0 spiro atoms. The van der Waals surface area contributed by atoms with Crippen LogP contribution in [0, 0.1) is 17.3 Å². The van der Waals surface area contributed by atoms with E-state index in [1.54, 1.807) is 30.3 Å². The van der Waals surface area contributed by atoms with Crippen LogP contribution in [0.25, 0.3) is 0 Å². The van der Waals surface area contributed by atoms with Gasteiger partial charge in [0.05, 0.1) is 5.69 Å². The molecule has 0 aliphatic carbocycles. The van der Waals surface area contributed by atoms with Crippen molar-refractivity contribution in [1.82, 2.24) is 0 Å². The summed E-state index contributed by atoms with van der Waals surface area (Å²) < 4.78 is 14.1. The maximum Gasteiger partial charge on any atom is 0.133 e. The molecule has 0 radical (unpaired) electrons. The smallest absolute Gasteiger partial charge is 0.133 e. The van der Waals surface area contributed by atoms with E-state index in [2.05, 4.69) is 36.1 Å². The van der Waals surface area contributed by atoms with Gasteiger partial charge in [0.15, 0.2) is 0 Å². The van der Waals surface area contributed by atoms with Gasteiger partial charge >= 0.3 is 0 Å². The number of aliphatic imine (C=N–C) groups is 1. The quantitative estimate of drug-likeness (QED) is 0.393. The van der Waals surface area contributed by atoms with Crippen molar-refractivity contribution in [1.29, 1.82) is 0 Å². The van der Waals surface area contributed by atoms with E-state index < -0.39 is 8.07 Å². The molecule has 2 aromatic rings. The molecule has 0 aliphatic heterocycles. The number of rotatable bonds is 2. The van der Waals surface area contributed by atoms with Crippen molar-refractivity contribution in [2.75, 3.05) is 0 Å². The molecule has 0 saturated carbocycles. The zero-order chi connectivity index (χ0) is 16.2. The minimum absolute atomic E-state index is 0.326. The third-order valence-electron chi connectivity index (χ3n) is 2.73. The number of benzene rings is 2. The van der Waals surface area contributed by atoms with Crippen LogP contribution in [0.4, 0.5) is 10.1 Å². The van der Waals surface area contributed by atoms with E-state index in [-0.39, 0.29) is 5.82 Å². The Morgan fingerprint density at radius 2 is 1.82 bits per heavy atom. The average Bonchev–Trinajstić information content (AvgIpc) is 2.43. The summed E-state index contributed by atoms with van der Waals surface area (Å²) in [5.41, 5.74) is 4.75. The van der Waals surface area contributed by atoms with E-state index in [0.717, 1.165) is 0 Å². The zero-order valence-corrected chi connectivity index (χ0v) is 14.6. The lowest BCUT2D eigenvalue weighted by Gasteiger charge is -2.06. The molecule has 4 heteroatoms. The van der Waals surface area contributed by atoms with Crippen molar-refractivity contribution in [3.8, 4) is 11.5 Å². The van der Waals surface area contributed by atoms with Crippen LogP contribution in [0.15, 0.2) is 53.5 Å². The van der Waals surface area contributed by atoms with Crippen molar-refractivity contribution in [2.24, 2.45) is 4.99 Å². The monoisotopic (exact) mass is 329 g/mol. The molecule has 0 aliphatic rings. The van der Waals surface area contributed by atoms with Gasteiger partial charge in [-0.3, -0.25) is 0 Å². The second kappa shape index (κ2) is 6.91. The van der Waals surface area contributed by atoms with Crippen LogP contribution in [0.2, 0.25) is 24.7 Å². The highest BCUT2D eigenvalue weighted by Crippen LogP contribution is 2.20. The molecule has 2 aromatic carbocycles.